The molecule has 1 saturated heterocycles. The number of ketones is 1. The number of nitrogens with zero attached hydrogens (tertiary/aromatic N) is 1. The first-order chi connectivity index (χ1) is 14.1. The van der Waals surface area contributed by atoms with Gasteiger partial charge in [-0.05, 0) is 65.8 Å². The number of carbonyl (C=O) groups excluding carboxylic acids is 3. The van der Waals surface area contributed by atoms with Gasteiger partial charge in [0.2, 0.25) is 17.6 Å². The Balaban J connectivity index is 1.19. The van der Waals surface area contributed by atoms with Crippen LogP contribution >= 0.6 is 11.3 Å². The molecule has 4 aliphatic carbocycles. The van der Waals surface area contributed by atoms with Crippen molar-refractivity contribution < 1.29 is 19.1 Å². The van der Waals surface area contributed by atoms with Crippen LogP contribution in [0.25, 0.3) is 0 Å². The zero-order valence-electron chi connectivity index (χ0n) is 15.6. The van der Waals surface area contributed by atoms with Gasteiger partial charge in [0.05, 0.1) is 22.4 Å². The highest BCUT2D eigenvalue weighted by molar-refractivity contribution is 7.12. The standard InChI is InChI=1S/C23H19NO4S/c25-18(19-2-1-9-29-19)11-28-13-5-3-12(4-6-13)24-22(26)20-14-7-8-15(17-10-16(14)17)21(20)23(24)27/h1-9,14-17,20-21H,10-11H2/t14-,15-,16-,17-,20+,21+/m0/s1. The zero-order valence-corrected chi connectivity index (χ0v) is 16.4. The molecule has 2 amide bonds. The summed E-state index contributed by atoms with van der Waals surface area (Å²) < 4.78 is 5.58. The maximum Gasteiger partial charge on any atom is 0.238 e. The average Bonchev–Trinajstić information content (AvgIpc) is 3.31. The highest BCUT2D eigenvalue weighted by Gasteiger charge is 2.67. The van der Waals surface area contributed by atoms with Crippen molar-refractivity contribution in [2.45, 2.75) is 6.42 Å². The second kappa shape index (κ2) is 6.13. The van der Waals surface area contributed by atoms with E-state index < -0.39 is 0 Å². The SMILES string of the molecule is O=C(COc1ccc(N2C(=O)[C@@H]3[C@H]4C=C[C@@H]([C@@H]5C[C@@H]45)[C@H]3C2=O)cc1)c1cccs1. The number of ether oxygens (including phenoxy) is 1. The lowest BCUT2D eigenvalue weighted by Gasteiger charge is -2.37. The minimum absolute atomic E-state index is 0.0383. The highest BCUT2D eigenvalue weighted by atomic mass is 32.1. The molecule has 6 atom stereocenters. The molecule has 2 saturated carbocycles. The molecule has 5 nitrogen and oxygen atoms in total. The van der Waals surface area contributed by atoms with Crippen molar-refractivity contribution in [3.63, 3.8) is 0 Å². The van der Waals surface area contributed by atoms with E-state index >= 15 is 0 Å². The lowest BCUT2D eigenvalue weighted by Crippen LogP contribution is -2.40. The molecule has 0 radical (unpaired) electrons. The van der Waals surface area contributed by atoms with Crippen molar-refractivity contribution in [3.05, 3.63) is 58.8 Å². The molecular formula is C23H19NO4S. The molecule has 146 valence electrons. The molecule has 7 rings (SSSR count). The number of hydrogen-bond donors (Lipinski definition) is 0. The molecule has 2 heterocycles. The van der Waals surface area contributed by atoms with E-state index in [1.807, 2.05) is 11.4 Å². The normalized spacial score (nSPS) is 33.6. The van der Waals surface area contributed by atoms with E-state index in [2.05, 4.69) is 12.2 Å². The minimum Gasteiger partial charge on any atom is -0.485 e. The van der Waals surface area contributed by atoms with Gasteiger partial charge in [-0.2, -0.15) is 0 Å². The summed E-state index contributed by atoms with van der Waals surface area (Å²) in [6.07, 6.45) is 5.51. The third-order valence-corrected chi connectivity index (χ3v) is 7.83. The Labute approximate surface area is 172 Å². The molecule has 2 bridgehead atoms. The van der Waals surface area contributed by atoms with Crippen LogP contribution in [0.1, 0.15) is 16.1 Å². The second-order valence-electron chi connectivity index (χ2n) is 8.35. The molecule has 6 heteroatoms. The molecular weight excluding hydrogens is 386 g/mol. The number of rotatable bonds is 5. The Hall–Kier alpha value is -2.73. The summed E-state index contributed by atoms with van der Waals surface area (Å²) in [6.45, 7) is -0.0383. The Kier molecular flexibility index (Phi) is 3.63. The van der Waals surface area contributed by atoms with Gasteiger partial charge in [0.15, 0.2) is 6.61 Å². The van der Waals surface area contributed by atoms with Crippen molar-refractivity contribution in [1.29, 1.82) is 0 Å². The van der Waals surface area contributed by atoms with Crippen LogP contribution in [0.3, 0.4) is 0 Å². The summed E-state index contributed by atoms with van der Waals surface area (Å²) in [5.74, 6) is 1.60. The van der Waals surface area contributed by atoms with Gasteiger partial charge in [-0.15, -0.1) is 11.3 Å². The third-order valence-electron chi connectivity index (χ3n) is 6.92. The summed E-state index contributed by atoms with van der Waals surface area (Å²) in [4.78, 5) is 40.4. The van der Waals surface area contributed by atoms with E-state index in [0.29, 0.717) is 28.1 Å². The van der Waals surface area contributed by atoms with Crippen molar-refractivity contribution in [1.82, 2.24) is 0 Å². The average molecular weight is 405 g/mol. The summed E-state index contributed by atoms with van der Waals surface area (Å²) in [5, 5.41) is 1.86. The van der Waals surface area contributed by atoms with Gasteiger partial charge in [-0.25, -0.2) is 0 Å². The third kappa shape index (κ3) is 2.48. The molecule has 0 spiro atoms. The second-order valence-corrected chi connectivity index (χ2v) is 9.30. The highest BCUT2D eigenvalue weighted by Crippen LogP contribution is 2.65. The maximum absolute atomic E-state index is 13.1. The molecule has 1 aliphatic heterocycles. The van der Waals surface area contributed by atoms with Crippen LogP contribution < -0.4 is 9.64 Å². The van der Waals surface area contributed by atoms with Gasteiger partial charge >= 0.3 is 0 Å². The number of anilines is 1. The van der Waals surface area contributed by atoms with Crippen LogP contribution in [0.4, 0.5) is 5.69 Å². The molecule has 3 fully saturated rings. The van der Waals surface area contributed by atoms with Crippen LogP contribution in [-0.2, 0) is 9.59 Å². The van der Waals surface area contributed by atoms with E-state index in [-0.39, 0.29) is 47.9 Å². The molecule has 0 unspecified atom stereocenters. The lowest BCUT2D eigenvalue weighted by molar-refractivity contribution is -0.124. The summed E-state index contributed by atoms with van der Waals surface area (Å²) in [6, 6.07) is 10.5. The largest absolute Gasteiger partial charge is 0.485 e. The summed E-state index contributed by atoms with van der Waals surface area (Å²) >= 11 is 1.39. The first kappa shape index (κ1) is 17.2. The van der Waals surface area contributed by atoms with E-state index in [1.165, 1.54) is 16.2 Å². The first-order valence-electron chi connectivity index (χ1n) is 9.99. The first-order valence-corrected chi connectivity index (χ1v) is 10.9. The summed E-state index contributed by atoms with van der Waals surface area (Å²) in [7, 11) is 0. The molecule has 2 aromatic rings. The van der Waals surface area contributed by atoms with Gasteiger partial charge in [0.1, 0.15) is 5.75 Å². The fourth-order valence-corrected chi connectivity index (χ4v) is 6.21. The number of amides is 2. The number of hydrogen-bond acceptors (Lipinski definition) is 5. The number of thiophene rings is 1. The van der Waals surface area contributed by atoms with E-state index in [0.717, 1.165) is 6.42 Å². The Morgan fingerprint density at radius 2 is 1.66 bits per heavy atom. The van der Waals surface area contributed by atoms with E-state index in [4.69, 9.17) is 4.74 Å². The molecule has 0 N–H and O–H groups in total. The molecule has 1 aromatic heterocycles. The van der Waals surface area contributed by atoms with Crippen LogP contribution in [0.2, 0.25) is 0 Å². The predicted molar refractivity (Wildman–Crippen MR) is 108 cm³/mol. The maximum atomic E-state index is 13.1. The van der Waals surface area contributed by atoms with Gasteiger partial charge in [0.25, 0.3) is 0 Å². The zero-order chi connectivity index (χ0) is 19.7. The fraction of sp³-hybridized carbons (Fsp3) is 0.348. The Morgan fingerprint density at radius 3 is 2.24 bits per heavy atom. The Morgan fingerprint density at radius 1 is 1.00 bits per heavy atom. The number of carbonyl (C=O) groups is 3. The van der Waals surface area contributed by atoms with Crippen molar-refractivity contribution in [2.75, 3.05) is 11.5 Å². The van der Waals surface area contributed by atoms with Crippen molar-refractivity contribution in [3.8, 4) is 5.75 Å². The number of Topliss-reactive ketones (excluding diaryl/α,β-unsaturated/α-hetero) is 1. The van der Waals surface area contributed by atoms with E-state index in [9.17, 15) is 14.4 Å². The predicted octanol–water partition coefficient (Wildman–Crippen LogP) is 3.57. The van der Waals surface area contributed by atoms with Gasteiger partial charge in [-0.3, -0.25) is 19.3 Å². The van der Waals surface area contributed by atoms with Crippen molar-refractivity contribution >= 4 is 34.6 Å². The molecule has 29 heavy (non-hydrogen) atoms. The topological polar surface area (TPSA) is 63.7 Å². The number of allylic oxidation sites excluding steroid dienone is 2. The van der Waals surface area contributed by atoms with Crippen molar-refractivity contribution in [2.24, 2.45) is 35.5 Å². The fourth-order valence-electron chi connectivity index (χ4n) is 5.56. The van der Waals surface area contributed by atoms with Crippen LogP contribution in [0.5, 0.6) is 5.75 Å². The molecule has 1 aromatic carbocycles. The Bertz CT molecular complexity index is 1010. The quantitative estimate of drug-likeness (QED) is 0.433. The van der Waals surface area contributed by atoms with Crippen LogP contribution in [-0.4, -0.2) is 24.2 Å². The van der Waals surface area contributed by atoms with Gasteiger partial charge < -0.3 is 4.74 Å². The monoisotopic (exact) mass is 405 g/mol. The van der Waals surface area contributed by atoms with Gasteiger partial charge in [-0.1, -0.05) is 18.2 Å². The van der Waals surface area contributed by atoms with Crippen LogP contribution in [0, 0.1) is 35.5 Å². The van der Waals surface area contributed by atoms with Gasteiger partial charge in [0, 0.05) is 0 Å². The lowest BCUT2D eigenvalue weighted by atomic mass is 9.63. The molecule has 5 aliphatic rings. The summed E-state index contributed by atoms with van der Waals surface area (Å²) in [5.41, 5.74) is 0.583. The number of imide groups is 1. The van der Waals surface area contributed by atoms with E-state index in [1.54, 1.807) is 30.3 Å². The minimum atomic E-state index is -0.194. The van der Waals surface area contributed by atoms with Crippen LogP contribution in [0.15, 0.2) is 53.9 Å². The number of benzene rings is 1. The smallest absolute Gasteiger partial charge is 0.238 e.